The van der Waals surface area contributed by atoms with Crippen molar-refractivity contribution in [1.82, 2.24) is 9.55 Å². The summed E-state index contributed by atoms with van der Waals surface area (Å²) in [6.07, 6.45) is 1.56. The maximum absolute atomic E-state index is 11.8. The lowest BCUT2D eigenvalue weighted by Gasteiger charge is -2.21. The van der Waals surface area contributed by atoms with Crippen LogP contribution in [0.5, 0.6) is 0 Å². The van der Waals surface area contributed by atoms with E-state index in [4.69, 9.17) is 13.7 Å². The molecular weight excluding hydrogens is 276 g/mol. The summed E-state index contributed by atoms with van der Waals surface area (Å²) in [5.74, 6) is 0. The van der Waals surface area contributed by atoms with Gasteiger partial charge in [0, 0.05) is 12.4 Å². The van der Waals surface area contributed by atoms with Gasteiger partial charge in [-0.1, -0.05) is 0 Å². The Morgan fingerprint density at radius 1 is 1.42 bits per heavy atom. The SMILES string of the molecule is O=C(OC1C2CC3C(O2)C1OS3(=O)=O)n1ccnc1. The summed E-state index contributed by atoms with van der Waals surface area (Å²) in [6, 6.07) is 0. The van der Waals surface area contributed by atoms with Gasteiger partial charge in [0.15, 0.2) is 6.10 Å². The number of carbonyl (C=O) groups excluding carboxylic acids is 1. The largest absolute Gasteiger partial charge is 0.440 e. The van der Waals surface area contributed by atoms with Crippen LogP contribution in [0.1, 0.15) is 6.42 Å². The fourth-order valence-electron chi connectivity index (χ4n) is 2.91. The topological polar surface area (TPSA) is 96.7 Å². The number of carbonyl (C=O) groups is 1. The molecule has 1 aromatic rings. The van der Waals surface area contributed by atoms with Crippen molar-refractivity contribution in [2.24, 2.45) is 0 Å². The summed E-state index contributed by atoms with van der Waals surface area (Å²) in [5, 5.41) is -0.620. The Bertz CT molecular complexity index is 626. The Balaban J connectivity index is 1.57. The number of hydrogen-bond donors (Lipinski definition) is 0. The van der Waals surface area contributed by atoms with E-state index in [0.717, 1.165) is 0 Å². The Hall–Kier alpha value is -1.45. The van der Waals surface area contributed by atoms with Gasteiger partial charge in [-0.05, 0) is 6.42 Å². The van der Waals surface area contributed by atoms with E-state index in [1.54, 1.807) is 0 Å². The Kier molecular flexibility index (Phi) is 2.13. The van der Waals surface area contributed by atoms with Crippen LogP contribution in [0.25, 0.3) is 0 Å². The van der Waals surface area contributed by atoms with E-state index >= 15 is 0 Å². The summed E-state index contributed by atoms with van der Waals surface area (Å²) in [5.41, 5.74) is 0. The molecule has 8 nitrogen and oxygen atoms in total. The van der Waals surface area contributed by atoms with Crippen LogP contribution in [0.2, 0.25) is 0 Å². The lowest BCUT2D eigenvalue weighted by Crippen LogP contribution is -2.42. The smallest absolute Gasteiger partial charge is 0.419 e. The van der Waals surface area contributed by atoms with E-state index < -0.39 is 45.9 Å². The second-order valence-corrected chi connectivity index (χ2v) is 6.57. The predicted octanol–water partition coefficient (Wildman–Crippen LogP) is -0.495. The highest BCUT2D eigenvalue weighted by molar-refractivity contribution is 7.87. The first-order chi connectivity index (χ1) is 9.06. The van der Waals surface area contributed by atoms with Crippen LogP contribution in [-0.2, 0) is 23.8 Å². The zero-order valence-corrected chi connectivity index (χ0v) is 10.4. The molecule has 0 spiro atoms. The van der Waals surface area contributed by atoms with Gasteiger partial charge in [0.2, 0.25) is 0 Å². The van der Waals surface area contributed by atoms with Crippen LogP contribution in [0, 0.1) is 0 Å². The summed E-state index contributed by atoms with van der Waals surface area (Å²) in [6.45, 7) is 0. The molecule has 1 aromatic heterocycles. The molecule has 3 saturated heterocycles. The molecule has 2 bridgehead atoms. The molecule has 0 aromatic carbocycles. The van der Waals surface area contributed by atoms with Crippen LogP contribution in [-0.4, -0.2) is 53.7 Å². The Morgan fingerprint density at radius 2 is 2.26 bits per heavy atom. The minimum absolute atomic E-state index is 0.311. The van der Waals surface area contributed by atoms with E-state index in [2.05, 4.69) is 4.98 Å². The second kappa shape index (κ2) is 3.56. The zero-order chi connectivity index (χ0) is 13.2. The molecular formula is C10H10N2O6S. The maximum Gasteiger partial charge on any atom is 0.419 e. The molecule has 3 aliphatic rings. The maximum atomic E-state index is 11.8. The zero-order valence-electron chi connectivity index (χ0n) is 9.58. The first-order valence-electron chi connectivity index (χ1n) is 5.83. The number of hydrogen-bond acceptors (Lipinski definition) is 7. The molecule has 0 saturated carbocycles. The van der Waals surface area contributed by atoms with E-state index in [0.29, 0.717) is 6.42 Å². The highest BCUT2D eigenvalue weighted by Gasteiger charge is 2.67. The van der Waals surface area contributed by atoms with Gasteiger partial charge in [-0.3, -0.25) is 4.18 Å². The van der Waals surface area contributed by atoms with Crippen LogP contribution >= 0.6 is 0 Å². The van der Waals surface area contributed by atoms with Crippen LogP contribution in [0.3, 0.4) is 0 Å². The van der Waals surface area contributed by atoms with Crippen molar-refractivity contribution >= 4 is 16.2 Å². The fourth-order valence-corrected chi connectivity index (χ4v) is 4.56. The van der Waals surface area contributed by atoms with Crippen molar-refractivity contribution in [3.63, 3.8) is 0 Å². The van der Waals surface area contributed by atoms with Crippen molar-refractivity contribution in [2.75, 3.05) is 0 Å². The van der Waals surface area contributed by atoms with Crippen molar-refractivity contribution in [2.45, 2.75) is 36.1 Å². The lowest BCUT2D eigenvalue weighted by molar-refractivity contribution is 0.0182. The quantitative estimate of drug-likeness (QED) is 0.642. The standard InChI is InChI=1S/C10H10N2O6S/c13-10(12-2-1-11-4-12)17-7-5-3-6-8(16-5)9(7)18-19(6,14)15/h1-2,4-9H,3H2. The Morgan fingerprint density at radius 3 is 3.00 bits per heavy atom. The van der Waals surface area contributed by atoms with Gasteiger partial charge >= 0.3 is 6.09 Å². The molecule has 0 aliphatic carbocycles. The Labute approximate surface area is 108 Å². The first kappa shape index (κ1) is 11.4. The highest BCUT2D eigenvalue weighted by atomic mass is 32.2. The molecule has 0 N–H and O–H groups in total. The minimum atomic E-state index is -3.59. The third kappa shape index (κ3) is 1.49. The normalized spacial score (nSPS) is 41.6. The molecule has 9 heteroatoms. The van der Waals surface area contributed by atoms with Crippen LogP contribution < -0.4 is 0 Å². The molecule has 4 rings (SSSR count). The average molecular weight is 286 g/mol. The van der Waals surface area contributed by atoms with Crippen molar-refractivity contribution in [3.05, 3.63) is 18.7 Å². The van der Waals surface area contributed by atoms with Crippen LogP contribution in [0.4, 0.5) is 4.79 Å². The number of nitrogens with zero attached hydrogens (tertiary/aromatic N) is 2. The molecule has 0 radical (unpaired) electrons. The van der Waals surface area contributed by atoms with Gasteiger partial charge in [0.1, 0.15) is 23.8 Å². The lowest BCUT2D eigenvalue weighted by atomic mass is 9.94. The number of fused-ring (bicyclic) bond motifs is 1. The van der Waals surface area contributed by atoms with Gasteiger partial charge in [-0.2, -0.15) is 8.42 Å². The van der Waals surface area contributed by atoms with Crippen molar-refractivity contribution in [3.8, 4) is 0 Å². The summed E-state index contributed by atoms with van der Waals surface area (Å²) in [7, 11) is -3.59. The van der Waals surface area contributed by atoms with Crippen molar-refractivity contribution in [1.29, 1.82) is 0 Å². The summed E-state index contributed by atoms with van der Waals surface area (Å²) >= 11 is 0. The number of imidazole rings is 1. The predicted molar refractivity (Wildman–Crippen MR) is 58.8 cm³/mol. The molecule has 5 unspecified atom stereocenters. The molecule has 5 atom stereocenters. The summed E-state index contributed by atoms with van der Waals surface area (Å²) < 4.78 is 40.3. The van der Waals surface area contributed by atoms with Gasteiger partial charge in [-0.15, -0.1) is 0 Å². The molecule has 3 fully saturated rings. The molecule has 19 heavy (non-hydrogen) atoms. The monoisotopic (exact) mass is 286 g/mol. The third-order valence-corrected chi connectivity index (χ3v) is 5.44. The fraction of sp³-hybridized carbons (Fsp3) is 0.600. The highest BCUT2D eigenvalue weighted by Crippen LogP contribution is 2.47. The van der Waals surface area contributed by atoms with Gasteiger partial charge in [-0.25, -0.2) is 14.3 Å². The van der Waals surface area contributed by atoms with Gasteiger partial charge in [0.05, 0.1) is 6.10 Å². The minimum Gasteiger partial charge on any atom is -0.440 e. The number of ether oxygens (including phenoxy) is 2. The second-order valence-electron chi connectivity index (χ2n) is 4.79. The van der Waals surface area contributed by atoms with Crippen LogP contribution in [0.15, 0.2) is 18.7 Å². The molecule has 4 heterocycles. The van der Waals surface area contributed by atoms with E-state index in [1.807, 2.05) is 0 Å². The van der Waals surface area contributed by atoms with Gasteiger partial charge in [0.25, 0.3) is 10.1 Å². The number of rotatable bonds is 1. The number of aromatic nitrogens is 2. The third-order valence-electron chi connectivity index (χ3n) is 3.75. The molecule has 3 aliphatic heterocycles. The first-order valence-corrected chi connectivity index (χ1v) is 7.30. The molecule has 0 amide bonds. The van der Waals surface area contributed by atoms with Gasteiger partial charge < -0.3 is 9.47 Å². The average Bonchev–Trinajstić information content (AvgIpc) is 3.05. The van der Waals surface area contributed by atoms with E-state index in [-0.39, 0.29) is 0 Å². The van der Waals surface area contributed by atoms with Crippen molar-refractivity contribution < 1.29 is 26.9 Å². The molecule has 102 valence electrons. The van der Waals surface area contributed by atoms with E-state index in [1.165, 1.54) is 23.3 Å². The van der Waals surface area contributed by atoms with E-state index in [9.17, 15) is 13.2 Å². The summed E-state index contributed by atoms with van der Waals surface area (Å²) in [4.78, 5) is 15.6.